The Morgan fingerprint density at radius 2 is 1.88 bits per heavy atom. The quantitative estimate of drug-likeness (QED) is 0.497. The molecule has 8 heavy (non-hydrogen) atoms. The minimum absolute atomic E-state index is 0.629. The van der Waals surface area contributed by atoms with Crippen molar-refractivity contribution in [1.29, 1.82) is 0 Å². The van der Waals surface area contributed by atoms with Crippen LogP contribution in [0.5, 0.6) is 0 Å². The lowest BCUT2D eigenvalue weighted by atomic mass is 10.7. The molecule has 0 aliphatic carbocycles. The molecule has 0 atom stereocenters. The first-order valence-electron chi connectivity index (χ1n) is 2.60. The van der Waals surface area contributed by atoms with E-state index in [2.05, 4.69) is 0 Å². The van der Waals surface area contributed by atoms with Gasteiger partial charge in [-0.1, -0.05) is 0 Å². The molecule has 48 valence electrons. The van der Waals surface area contributed by atoms with Crippen molar-refractivity contribution in [2.45, 2.75) is 12.9 Å². The van der Waals surface area contributed by atoms with Crippen molar-refractivity contribution in [2.75, 3.05) is 20.3 Å². The predicted molar refractivity (Wildman–Crippen MR) is 27.3 cm³/mol. The highest BCUT2D eigenvalue weighted by molar-refractivity contribution is 4.52. The summed E-state index contributed by atoms with van der Waals surface area (Å²) in [7, 11) is 1.56. The Kier molecular flexibility index (Phi) is 1.51. The minimum atomic E-state index is -0.764. The van der Waals surface area contributed by atoms with Gasteiger partial charge in [0.2, 0.25) is 0 Å². The molecule has 0 aromatic carbocycles. The van der Waals surface area contributed by atoms with Gasteiger partial charge < -0.3 is 14.2 Å². The van der Waals surface area contributed by atoms with Crippen LogP contribution >= 0.6 is 0 Å². The van der Waals surface area contributed by atoms with Crippen LogP contribution in [0.3, 0.4) is 0 Å². The van der Waals surface area contributed by atoms with Crippen molar-refractivity contribution in [2.24, 2.45) is 0 Å². The Labute approximate surface area is 48.5 Å². The fraction of sp³-hybridized carbons (Fsp3) is 1.00. The van der Waals surface area contributed by atoms with E-state index in [1.165, 1.54) is 0 Å². The van der Waals surface area contributed by atoms with E-state index < -0.39 is 5.97 Å². The molecule has 1 heterocycles. The van der Waals surface area contributed by atoms with Gasteiger partial charge in [-0.25, -0.2) is 0 Å². The van der Waals surface area contributed by atoms with Gasteiger partial charge >= 0.3 is 0 Å². The Morgan fingerprint density at radius 3 is 2.12 bits per heavy atom. The van der Waals surface area contributed by atoms with Gasteiger partial charge in [0.25, 0.3) is 5.97 Å². The highest BCUT2D eigenvalue weighted by Crippen LogP contribution is 2.17. The molecule has 0 N–H and O–H groups in total. The van der Waals surface area contributed by atoms with Crippen molar-refractivity contribution in [1.82, 2.24) is 0 Å². The van der Waals surface area contributed by atoms with Crippen molar-refractivity contribution < 1.29 is 14.2 Å². The van der Waals surface area contributed by atoms with Crippen LogP contribution in [0.25, 0.3) is 0 Å². The molecule has 1 saturated heterocycles. The van der Waals surface area contributed by atoms with E-state index in [1.54, 1.807) is 14.0 Å². The second-order valence-corrected chi connectivity index (χ2v) is 1.76. The van der Waals surface area contributed by atoms with Crippen LogP contribution in [0.1, 0.15) is 6.92 Å². The molecular formula is C5H10O3. The molecule has 0 saturated carbocycles. The molecule has 3 nitrogen and oxygen atoms in total. The molecule has 0 bridgehead atoms. The standard InChI is InChI=1S/C5H10O3/c1-5(6-2)7-3-4-8-5/h3-4H2,1-2H3. The summed E-state index contributed by atoms with van der Waals surface area (Å²) in [5, 5.41) is 0. The van der Waals surface area contributed by atoms with Gasteiger partial charge in [-0.15, -0.1) is 0 Å². The van der Waals surface area contributed by atoms with Crippen LogP contribution in [-0.4, -0.2) is 26.3 Å². The van der Waals surface area contributed by atoms with E-state index >= 15 is 0 Å². The molecule has 1 rings (SSSR count). The van der Waals surface area contributed by atoms with Crippen LogP contribution in [0.4, 0.5) is 0 Å². The highest BCUT2D eigenvalue weighted by Gasteiger charge is 2.30. The number of ether oxygens (including phenoxy) is 3. The molecule has 3 heteroatoms. The van der Waals surface area contributed by atoms with Gasteiger partial charge in [-0.05, 0) is 0 Å². The van der Waals surface area contributed by atoms with Crippen LogP contribution in [0, 0.1) is 0 Å². The summed E-state index contributed by atoms with van der Waals surface area (Å²) in [6, 6.07) is 0. The lowest BCUT2D eigenvalue weighted by molar-refractivity contribution is -0.306. The van der Waals surface area contributed by atoms with E-state index in [0.29, 0.717) is 13.2 Å². The highest BCUT2D eigenvalue weighted by atomic mass is 16.9. The zero-order valence-corrected chi connectivity index (χ0v) is 5.14. The average Bonchev–Trinajstić information content (AvgIpc) is 2.17. The normalized spacial score (nSPS) is 26.2. The number of hydrogen-bond donors (Lipinski definition) is 0. The third-order valence-corrected chi connectivity index (χ3v) is 1.18. The summed E-state index contributed by atoms with van der Waals surface area (Å²) >= 11 is 0. The third-order valence-electron chi connectivity index (χ3n) is 1.18. The smallest absolute Gasteiger partial charge is 0.279 e. The lowest BCUT2D eigenvalue weighted by Crippen LogP contribution is -2.27. The molecule has 0 radical (unpaired) electrons. The largest absolute Gasteiger partial charge is 0.331 e. The van der Waals surface area contributed by atoms with E-state index in [9.17, 15) is 0 Å². The number of methoxy groups -OCH3 is 1. The van der Waals surface area contributed by atoms with Gasteiger partial charge in [0, 0.05) is 14.0 Å². The summed E-state index contributed by atoms with van der Waals surface area (Å²) in [6.45, 7) is 3.01. The van der Waals surface area contributed by atoms with Crippen molar-refractivity contribution in [3.63, 3.8) is 0 Å². The molecule has 0 amide bonds. The fourth-order valence-electron chi connectivity index (χ4n) is 0.614. The van der Waals surface area contributed by atoms with Crippen LogP contribution in [-0.2, 0) is 14.2 Å². The zero-order valence-electron chi connectivity index (χ0n) is 5.14. The first-order chi connectivity index (χ1) is 3.77. The maximum Gasteiger partial charge on any atom is 0.279 e. The topological polar surface area (TPSA) is 27.7 Å². The average molecular weight is 118 g/mol. The lowest BCUT2D eigenvalue weighted by Gasteiger charge is -2.18. The van der Waals surface area contributed by atoms with Crippen molar-refractivity contribution >= 4 is 0 Å². The summed E-state index contributed by atoms with van der Waals surface area (Å²) < 4.78 is 14.9. The zero-order chi connectivity index (χ0) is 6.04. The van der Waals surface area contributed by atoms with Crippen LogP contribution < -0.4 is 0 Å². The summed E-state index contributed by atoms with van der Waals surface area (Å²) in [6.07, 6.45) is 0. The van der Waals surface area contributed by atoms with Gasteiger partial charge in [0.1, 0.15) is 0 Å². The SMILES string of the molecule is COC1(C)OCCO1. The molecule has 0 unspecified atom stereocenters. The monoisotopic (exact) mass is 118 g/mol. The van der Waals surface area contributed by atoms with Gasteiger partial charge in [-0.2, -0.15) is 0 Å². The Bertz CT molecular complexity index is 75.7. The Hall–Kier alpha value is -0.120. The van der Waals surface area contributed by atoms with E-state index in [-0.39, 0.29) is 0 Å². The minimum Gasteiger partial charge on any atom is -0.331 e. The van der Waals surface area contributed by atoms with Crippen LogP contribution in [0.15, 0.2) is 0 Å². The third kappa shape index (κ3) is 0.992. The molecule has 0 aromatic heterocycles. The predicted octanol–water partition coefficient (Wildman–Crippen LogP) is 0.353. The molecule has 1 aliphatic heterocycles. The Balaban J connectivity index is 2.40. The van der Waals surface area contributed by atoms with Gasteiger partial charge in [-0.3, -0.25) is 0 Å². The number of rotatable bonds is 1. The molecule has 1 aliphatic rings. The summed E-state index contributed by atoms with van der Waals surface area (Å²) in [5.74, 6) is -0.764. The fourth-order valence-corrected chi connectivity index (χ4v) is 0.614. The molecule has 0 spiro atoms. The molecule has 0 aromatic rings. The first-order valence-corrected chi connectivity index (χ1v) is 2.60. The first kappa shape index (κ1) is 6.01. The van der Waals surface area contributed by atoms with Gasteiger partial charge in [0.15, 0.2) is 0 Å². The summed E-state index contributed by atoms with van der Waals surface area (Å²) in [5.41, 5.74) is 0. The van der Waals surface area contributed by atoms with Crippen LogP contribution in [0.2, 0.25) is 0 Å². The van der Waals surface area contributed by atoms with E-state index in [4.69, 9.17) is 14.2 Å². The second kappa shape index (κ2) is 2.01. The molecular weight excluding hydrogens is 108 g/mol. The van der Waals surface area contributed by atoms with E-state index in [1.807, 2.05) is 0 Å². The number of hydrogen-bond acceptors (Lipinski definition) is 3. The second-order valence-electron chi connectivity index (χ2n) is 1.76. The van der Waals surface area contributed by atoms with E-state index in [0.717, 1.165) is 0 Å². The maximum absolute atomic E-state index is 5.05. The molecule has 1 fully saturated rings. The summed E-state index contributed by atoms with van der Waals surface area (Å²) in [4.78, 5) is 0. The van der Waals surface area contributed by atoms with Gasteiger partial charge in [0.05, 0.1) is 13.2 Å². The van der Waals surface area contributed by atoms with Crippen molar-refractivity contribution in [3.8, 4) is 0 Å². The maximum atomic E-state index is 5.05. The Morgan fingerprint density at radius 1 is 1.38 bits per heavy atom. The van der Waals surface area contributed by atoms with Crippen molar-refractivity contribution in [3.05, 3.63) is 0 Å².